The third-order valence-corrected chi connectivity index (χ3v) is 3.42. The third kappa shape index (κ3) is 3.08. The molecule has 2 aromatic rings. The number of anilines is 1. The second kappa shape index (κ2) is 5.13. The monoisotopic (exact) mass is 292 g/mol. The minimum absolute atomic E-state index is 0.0114. The van der Waals surface area contributed by atoms with Gasteiger partial charge >= 0.3 is 0 Å². The van der Waals surface area contributed by atoms with Crippen molar-refractivity contribution in [1.29, 1.82) is 0 Å². The minimum Gasteiger partial charge on any atom is -0.508 e. The molecule has 3 N–H and O–H groups in total. The third-order valence-electron chi connectivity index (χ3n) is 2.66. The van der Waals surface area contributed by atoms with Gasteiger partial charge in [-0.2, -0.15) is 0 Å². The van der Waals surface area contributed by atoms with Gasteiger partial charge in [-0.1, -0.05) is 20.8 Å². The number of amides is 1. The average molecular weight is 292 g/mol. The predicted octanol–water partition coefficient (Wildman–Crippen LogP) is 3.21. The second-order valence-electron chi connectivity index (χ2n) is 5.44. The van der Waals surface area contributed by atoms with Crippen LogP contribution in [-0.4, -0.2) is 21.1 Å². The maximum absolute atomic E-state index is 11.9. The number of carbonyl (C=O) groups excluding carboxylic acids is 1. The molecule has 2 rings (SSSR count). The van der Waals surface area contributed by atoms with E-state index in [0.29, 0.717) is 16.4 Å². The van der Waals surface area contributed by atoms with E-state index in [4.69, 9.17) is 0 Å². The predicted molar refractivity (Wildman–Crippen MR) is 79.0 cm³/mol. The molecule has 0 saturated carbocycles. The molecule has 1 aromatic heterocycles. The molecule has 1 heterocycles. The number of hydrogen-bond acceptors (Lipinski definition) is 5. The fourth-order valence-corrected chi connectivity index (χ4v) is 2.18. The molecule has 0 saturated heterocycles. The van der Waals surface area contributed by atoms with Crippen LogP contribution in [0.4, 0.5) is 5.13 Å². The number of nitrogens with zero attached hydrogens (tertiary/aromatic N) is 1. The summed E-state index contributed by atoms with van der Waals surface area (Å²) in [7, 11) is 0. The van der Waals surface area contributed by atoms with Gasteiger partial charge in [0.1, 0.15) is 11.5 Å². The molecule has 6 heteroatoms. The average Bonchev–Trinajstić information content (AvgIpc) is 2.76. The van der Waals surface area contributed by atoms with Gasteiger partial charge in [-0.25, -0.2) is 4.98 Å². The summed E-state index contributed by atoms with van der Waals surface area (Å²) in [4.78, 5) is 16.1. The van der Waals surface area contributed by atoms with Gasteiger partial charge in [0, 0.05) is 22.4 Å². The molecule has 0 unspecified atom stereocenters. The van der Waals surface area contributed by atoms with Crippen LogP contribution in [0.15, 0.2) is 23.6 Å². The van der Waals surface area contributed by atoms with E-state index in [9.17, 15) is 15.0 Å². The molecule has 0 bridgehead atoms. The summed E-state index contributed by atoms with van der Waals surface area (Å²) in [5.41, 5.74) is 0.569. The summed E-state index contributed by atoms with van der Waals surface area (Å²) in [6.45, 7) is 5.47. The van der Waals surface area contributed by atoms with E-state index in [1.54, 1.807) is 11.4 Å². The lowest BCUT2D eigenvalue weighted by atomic mass is 9.96. The van der Waals surface area contributed by atoms with E-state index in [0.717, 1.165) is 0 Å². The van der Waals surface area contributed by atoms with Crippen molar-refractivity contribution in [3.05, 3.63) is 23.6 Å². The van der Waals surface area contributed by atoms with Crippen molar-refractivity contribution in [1.82, 2.24) is 4.98 Å². The summed E-state index contributed by atoms with van der Waals surface area (Å²) < 4.78 is 0. The summed E-state index contributed by atoms with van der Waals surface area (Å²) >= 11 is 1.29. The molecule has 0 spiro atoms. The molecule has 106 valence electrons. The van der Waals surface area contributed by atoms with Crippen LogP contribution in [0.3, 0.4) is 0 Å². The molecular weight excluding hydrogens is 276 g/mol. The van der Waals surface area contributed by atoms with Crippen LogP contribution >= 0.6 is 11.3 Å². The van der Waals surface area contributed by atoms with Crippen molar-refractivity contribution in [3.8, 4) is 22.8 Å². The van der Waals surface area contributed by atoms with Gasteiger partial charge in [0.25, 0.3) is 0 Å². The van der Waals surface area contributed by atoms with Crippen molar-refractivity contribution in [3.63, 3.8) is 0 Å². The van der Waals surface area contributed by atoms with Gasteiger partial charge in [0.15, 0.2) is 5.13 Å². The van der Waals surface area contributed by atoms with Crippen molar-refractivity contribution in [2.24, 2.45) is 5.41 Å². The van der Waals surface area contributed by atoms with Crippen molar-refractivity contribution in [2.75, 3.05) is 5.32 Å². The molecule has 1 aromatic carbocycles. The van der Waals surface area contributed by atoms with Crippen LogP contribution in [0, 0.1) is 5.41 Å². The molecule has 0 aliphatic rings. The van der Waals surface area contributed by atoms with Gasteiger partial charge in [0.2, 0.25) is 5.91 Å². The topological polar surface area (TPSA) is 82.5 Å². The Balaban J connectivity index is 2.23. The van der Waals surface area contributed by atoms with Crippen molar-refractivity contribution < 1.29 is 15.0 Å². The van der Waals surface area contributed by atoms with Gasteiger partial charge in [-0.15, -0.1) is 11.3 Å². The number of benzene rings is 1. The molecule has 1 amide bonds. The van der Waals surface area contributed by atoms with E-state index in [1.165, 1.54) is 23.5 Å². The lowest BCUT2D eigenvalue weighted by Crippen LogP contribution is -2.27. The number of aromatic hydroxyl groups is 2. The fourth-order valence-electron chi connectivity index (χ4n) is 1.48. The van der Waals surface area contributed by atoms with E-state index in [-0.39, 0.29) is 17.4 Å². The number of carbonyl (C=O) groups is 1. The highest BCUT2D eigenvalue weighted by molar-refractivity contribution is 7.14. The number of nitrogens with one attached hydrogen (secondary N) is 1. The lowest BCUT2D eigenvalue weighted by Gasteiger charge is -2.15. The fraction of sp³-hybridized carbons (Fsp3) is 0.286. The Morgan fingerprint density at radius 1 is 1.30 bits per heavy atom. The van der Waals surface area contributed by atoms with Crippen LogP contribution in [-0.2, 0) is 4.79 Å². The molecule has 0 fully saturated rings. The quantitative estimate of drug-likeness (QED) is 0.793. The maximum Gasteiger partial charge on any atom is 0.231 e. The molecule has 0 aliphatic carbocycles. The highest BCUT2D eigenvalue weighted by Gasteiger charge is 2.22. The maximum atomic E-state index is 11.9. The van der Waals surface area contributed by atoms with Crippen LogP contribution in [0.1, 0.15) is 20.8 Å². The zero-order chi connectivity index (χ0) is 14.9. The summed E-state index contributed by atoms with van der Waals surface area (Å²) in [6, 6.07) is 4.30. The molecule has 5 nitrogen and oxygen atoms in total. The van der Waals surface area contributed by atoms with Gasteiger partial charge in [-0.3, -0.25) is 4.79 Å². The SMILES string of the molecule is CC(C)(C)C(=O)Nc1nc(-c2ccc(O)cc2O)cs1. The Morgan fingerprint density at radius 3 is 2.60 bits per heavy atom. The highest BCUT2D eigenvalue weighted by Crippen LogP contribution is 2.34. The zero-order valence-electron chi connectivity index (χ0n) is 11.5. The first-order valence-electron chi connectivity index (χ1n) is 6.07. The van der Waals surface area contributed by atoms with Crippen LogP contribution in [0.2, 0.25) is 0 Å². The number of rotatable bonds is 2. The van der Waals surface area contributed by atoms with Gasteiger partial charge < -0.3 is 15.5 Å². The number of phenolic OH excluding ortho intramolecular Hbond substituents is 2. The summed E-state index contributed by atoms with van der Waals surface area (Å²) in [6.07, 6.45) is 0. The molecule has 20 heavy (non-hydrogen) atoms. The van der Waals surface area contributed by atoms with Crippen molar-refractivity contribution >= 4 is 22.4 Å². The standard InChI is InChI=1S/C14H16N2O3S/c1-14(2,3)12(19)16-13-15-10(7-20-13)9-5-4-8(17)6-11(9)18/h4-7,17-18H,1-3H3,(H,15,16,19). The van der Waals surface area contributed by atoms with Crippen LogP contribution < -0.4 is 5.32 Å². The van der Waals surface area contributed by atoms with Crippen LogP contribution in [0.25, 0.3) is 11.3 Å². The van der Waals surface area contributed by atoms with Crippen molar-refractivity contribution in [2.45, 2.75) is 20.8 Å². The zero-order valence-corrected chi connectivity index (χ0v) is 12.3. The Morgan fingerprint density at radius 2 is 2.00 bits per heavy atom. The highest BCUT2D eigenvalue weighted by atomic mass is 32.1. The first-order valence-corrected chi connectivity index (χ1v) is 6.94. The normalized spacial score (nSPS) is 11.3. The van der Waals surface area contributed by atoms with Crippen LogP contribution in [0.5, 0.6) is 11.5 Å². The number of hydrogen-bond donors (Lipinski definition) is 3. The Bertz CT molecular complexity index is 644. The largest absolute Gasteiger partial charge is 0.508 e. The molecule has 0 radical (unpaired) electrons. The molecule has 0 aliphatic heterocycles. The Hall–Kier alpha value is -2.08. The van der Waals surface area contributed by atoms with E-state index in [1.807, 2.05) is 20.8 Å². The lowest BCUT2D eigenvalue weighted by molar-refractivity contribution is -0.123. The smallest absolute Gasteiger partial charge is 0.231 e. The van der Waals surface area contributed by atoms with E-state index < -0.39 is 5.41 Å². The van der Waals surface area contributed by atoms with Gasteiger partial charge in [-0.05, 0) is 12.1 Å². The minimum atomic E-state index is -0.494. The van der Waals surface area contributed by atoms with E-state index >= 15 is 0 Å². The summed E-state index contributed by atoms with van der Waals surface area (Å²) in [5, 5.41) is 24.0. The van der Waals surface area contributed by atoms with Gasteiger partial charge in [0.05, 0.1) is 5.69 Å². The Labute approximate surface area is 120 Å². The number of thiazole rings is 1. The van der Waals surface area contributed by atoms with E-state index in [2.05, 4.69) is 10.3 Å². The molecular formula is C14H16N2O3S. The first kappa shape index (κ1) is 14.3. The first-order chi connectivity index (χ1) is 9.27. The Kier molecular flexibility index (Phi) is 3.67. The molecule has 0 atom stereocenters. The number of phenols is 2. The second-order valence-corrected chi connectivity index (χ2v) is 6.30. The number of aromatic nitrogens is 1. The summed E-state index contributed by atoms with van der Waals surface area (Å²) in [5.74, 6) is -0.180.